The van der Waals surface area contributed by atoms with E-state index in [1.807, 2.05) is 19.1 Å². The molecule has 1 aliphatic rings. The Balaban J connectivity index is 2.37. The highest BCUT2D eigenvalue weighted by atomic mass is 15.4. The first kappa shape index (κ1) is 7.54. The van der Waals surface area contributed by atoms with Crippen LogP contribution in [0.25, 0.3) is 0 Å². The molecule has 1 aliphatic heterocycles. The monoisotopic (exact) mass is 141 g/mol. The average Bonchev–Trinajstić information content (AvgIpc) is 1.88. The van der Waals surface area contributed by atoms with E-state index in [0.29, 0.717) is 0 Å². The van der Waals surface area contributed by atoms with E-state index in [1.165, 1.54) is 5.71 Å². The van der Waals surface area contributed by atoms with Crippen LogP contribution in [0.1, 0.15) is 12.8 Å². The molecule has 0 amide bonds. The molecule has 10 heavy (non-hydrogen) atoms. The van der Waals surface area contributed by atoms with Crippen molar-refractivity contribution in [1.82, 2.24) is 10.3 Å². The fraction of sp³-hybridized carbons (Fsp3) is 0.857. The predicted molar refractivity (Wildman–Crippen MR) is 43.2 cm³/mol. The van der Waals surface area contributed by atoms with Crippen molar-refractivity contribution in [3.05, 3.63) is 0 Å². The number of hydrogen-bond donors (Lipinski definition) is 1. The van der Waals surface area contributed by atoms with Gasteiger partial charge in [-0.3, -0.25) is 0 Å². The summed E-state index contributed by atoms with van der Waals surface area (Å²) < 4.78 is 0. The maximum atomic E-state index is 4.35. The third-order valence-electron chi connectivity index (χ3n) is 1.52. The minimum Gasteiger partial charge on any atom is -0.316 e. The lowest BCUT2D eigenvalue weighted by Crippen LogP contribution is -2.28. The molecular weight excluding hydrogens is 126 g/mol. The molecule has 0 atom stereocenters. The summed E-state index contributed by atoms with van der Waals surface area (Å²) in [5.74, 6) is 0. The first-order valence-electron chi connectivity index (χ1n) is 3.73. The molecule has 0 aliphatic carbocycles. The lowest BCUT2D eigenvalue weighted by Gasteiger charge is -2.15. The van der Waals surface area contributed by atoms with E-state index >= 15 is 0 Å². The van der Waals surface area contributed by atoms with Crippen molar-refractivity contribution in [3.63, 3.8) is 0 Å². The fourth-order valence-corrected chi connectivity index (χ4v) is 1.10. The molecule has 0 radical (unpaired) electrons. The van der Waals surface area contributed by atoms with Gasteiger partial charge in [-0.15, -0.1) is 0 Å². The summed E-state index contributed by atoms with van der Waals surface area (Å²) in [5.41, 5.74) is 1.32. The van der Waals surface area contributed by atoms with Crippen LogP contribution < -0.4 is 5.32 Å². The van der Waals surface area contributed by atoms with Gasteiger partial charge in [0, 0.05) is 45.7 Å². The second kappa shape index (κ2) is 3.56. The van der Waals surface area contributed by atoms with Crippen molar-refractivity contribution in [2.24, 2.45) is 5.10 Å². The van der Waals surface area contributed by atoms with Crippen LogP contribution in [0.15, 0.2) is 5.10 Å². The summed E-state index contributed by atoms with van der Waals surface area (Å²) in [4.78, 5) is 0. The molecule has 0 aromatic carbocycles. The second-order valence-corrected chi connectivity index (χ2v) is 2.76. The van der Waals surface area contributed by atoms with Crippen LogP contribution in [0, 0.1) is 0 Å². The number of hydrogen-bond acceptors (Lipinski definition) is 3. The number of rotatable bonds is 1. The minimum absolute atomic E-state index is 1.09. The summed E-state index contributed by atoms with van der Waals surface area (Å²) in [6, 6.07) is 0. The fourth-order valence-electron chi connectivity index (χ4n) is 1.10. The van der Waals surface area contributed by atoms with E-state index in [-0.39, 0.29) is 0 Å². The molecule has 1 N–H and O–H groups in total. The zero-order valence-corrected chi connectivity index (χ0v) is 6.72. The van der Waals surface area contributed by atoms with E-state index in [0.717, 1.165) is 25.9 Å². The van der Waals surface area contributed by atoms with Gasteiger partial charge in [-0.1, -0.05) is 0 Å². The highest BCUT2D eigenvalue weighted by Gasteiger charge is 2.05. The van der Waals surface area contributed by atoms with E-state index < -0.39 is 0 Å². The lowest BCUT2D eigenvalue weighted by atomic mass is 10.1. The van der Waals surface area contributed by atoms with E-state index in [9.17, 15) is 0 Å². The third-order valence-corrected chi connectivity index (χ3v) is 1.52. The lowest BCUT2D eigenvalue weighted by molar-refractivity contribution is 0.431. The molecule has 0 bridgehead atoms. The molecule has 3 nitrogen and oxygen atoms in total. The Bertz CT molecular complexity index is 121. The average molecular weight is 141 g/mol. The molecular formula is C7H15N3. The zero-order valence-electron chi connectivity index (χ0n) is 6.72. The molecule has 3 heteroatoms. The van der Waals surface area contributed by atoms with Crippen LogP contribution in [-0.2, 0) is 0 Å². The molecule has 1 rings (SSSR count). The molecule has 0 spiro atoms. The van der Waals surface area contributed by atoms with Crippen molar-refractivity contribution >= 4 is 5.71 Å². The van der Waals surface area contributed by atoms with Crippen LogP contribution in [-0.4, -0.2) is 37.9 Å². The quantitative estimate of drug-likeness (QED) is 0.531. The Hall–Kier alpha value is -0.570. The van der Waals surface area contributed by atoms with Gasteiger partial charge in [0.05, 0.1) is 0 Å². The summed E-state index contributed by atoms with van der Waals surface area (Å²) in [6.07, 6.45) is 2.22. The number of nitrogens with zero attached hydrogens (tertiary/aromatic N) is 2. The van der Waals surface area contributed by atoms with Gasteiger partial charge in [-0.25, -0.2) is 0 Å². The Morgan fingerprint density at radius 3 is 2.40 bits per heavy atom. The summed E-state index contributed by atoms with van der Waals surface area (Å²) in [7, 11) is 3.93. The van der Waals surface area contributed by atoms with Gasteiger partial charge < -0.3 is 10.3 Å². The highest BCUT2D eigenvalue weighted by molar-refractivity contribution is 5.85. The van der Waals surface area contributed by atoms with Gasteiger partial charge in [0.15, 0.2) is 0 Å². The molecule has 58 valence electrons. The van der Waals surface area contributed by atoms with Crippen LogP contribution in [0.2, 0.25) is 0 Å². The normalized spacial score (nSPS) is 18.8. The van der Waals surface area contributed by atoms with Gasteiger partial charge in [-0.2, -0.15) is 5.10 Å². The van der Waals surface area contributed by atoms with Crippen LogP contribution >= 0.6 is 0 Å². The third kappa shape index (κ3) is 2.35. The van der Waals surface area contributed by atoms with Crippen LogP contribution in [0.4, 0.5) is 0 Å². The standard InChI is InChI=1S/C7H15N3/c1-10(2)9-7-3-5-8-6-4-7/h8H,3-6H2,1-2H3. The highest BCUT2D eigenvalue weighted by Crippen LogP contribution is 1.98. The molecule has 1 heterocycles. The smallest absolute Gasteiger partial charge is 0.0405 e. The van der Waals surface area contributed by atoms with Crippen molar-refractivity contribution < 1.29 is 0 Å². The van der Waals surface area contributed by atoms with E-state index in [4.69, 9.17) is 0 Å². The topological polar surface area (TPSA) is 27.6 Å². The van der Waals surface area contributed by atoms with Gasteiger partial charge in [0.2, 0.25) is 0 Å². The Morgan fingerprint density at radius 2 is 1.90 bits per heavy atom. The van der Waals surface area contributed by atoms with Crippen molar-refractivity contribution in [3.8, 4) is 0 Å². The van der Waals surface area contributed by atoms with Gasteiger partial charge >= 0.3 is 0 Å². The van der Waals surface area contributed by atoms with Gasteiger partial charge in [0.1, 0.15) is 0 Å². The number of nitrogens with one attached hydrogen (secondary N) is 1. The molecule has 1 saturated heterocycles. The number of piperidine rings is 1. The maximum Gasteiger partial charge on any atom is 0.0405 e. The van der Waals surface area contributed by atoms with E-state index in [1.54, 1.807) is 0 Å². The van der Waals surface area contributed by atoms with Crippen molar-refractivity contribution in [2.75, 3.05) is 27.2 Å². The molecule has 0 saturated carbocycles. The SMILES string of the molecule is CN(C)N=C1CCNCC1. The Labute approximate surface area is 62.1 Å². The van der Waals surface area contributed by atoms with E-state index in [2.05, 4.69) is 10.4 Å². The maximum absolute atomic E-state index is 4.35. The molecule has 0 aromatic heterocycles. The second-order valence-electron chi connectivity index (χ2n) is 2.76. The predicted octanol–water partition coefficient (Wildman–Crippen LogP) is 0.287. The Kier molecular flexibility index (Phi) is 2.68. The van der Waals surface area contributed by atoms with Gasteiger partial charge in [0.25, 0.3) is 0 Å². The molecule has 0 unspecified atom stereocenters. The minimum atomic E-state index is 1.09. The zero-order chi connectivity index (χ0) is 7.40. The van der Waals surface area contributed by atoms with Crippen molar-refractivity contribution in [2.45, 2.75) is 12.8 Å². The molecule has 0 aromatic rings. The first-order chi connectivity index (χ1) is 4.79. The van der Waals surface area contributed by atoms with Crippen LogP contribution in [0.5, 0.6) is 0 Å². The summed E-state index contributed by atoms with van der Waals surface area (Å²) in [6.45, 7) is 2.18. The largest absolute Gasteiger partial charge is 0.316 e. The Morgan fingerprint density at radius 1 is 1.30 bits per heavy atom. The summed E-state index contributed by atoms with van der Waals surface area (Å²) in [5, 5.41) is 9.51. The van der Waals surface area contributed by atoms with Crippen LogP contribution in [0.3, 0.4) is 0 Å². The number of hydrazone groups is 1. The van der Waals surface area contributed by atoms with Gasteiger partial charge in [-0.05, 0) is 0 Å². The summed E-state index contributed by atoms with van der Waals surface area (Å²) >= 11 is 0. The first-order valence-corrected chi connectivity index (χ1v) is 3.73. The van der Waals surface area contributed by atoms with Crippen molar-refractivity contribution in [1.29, 1.82) is 0 Å². The molecule has 1 fully saturated rings.